The monoisotopic (exact) mass is 1890 g/mol. The minimum Gasteiger partial charge on any atom is -0.489 e. The molecule has 132 heavy (non-hydrogen) atoms. The summed E-state index contributed by atoms with van der Waals surface area (Å²) >= 11 is 0. The molecule has 784 valence electrons. The van der Waals surface area contributed by atoms with E-state index in [0.717, 1.165) is 283 Å². The first-order valence-electron chi connectivity index (χ1n) is 52.3. The quantitative estimate of drug-likeness (QED) is 0.0462. The van der Waals surface area contributed by atoms with Crippen LogP contribution in [0.5, 0.6) is 5.75 Å². The molecular formula is C109H211F3N4O16. The molecule has 0 bridgehead atoms. The van der Waals surface area contributed by atoms with Gasteiger partial charge in [-0.25, -0.2) is 4.98 Å². The highest BCUT2D eigenvalue weighted by Gasteiger charge is 2.43. The largest absolute Gasteiger partial charge is 0.489 e. The van der Waals surface area contributed by atoms with Crippen molar-refractivity contribution < 1.29 is 89.7 Å². The van der Waals surface area contributed by atoms with Crippen molar-refractivity contribution >= 4 is 0 Å². The number of aliphatic hydroxyl groups excluding tert-OH is 2. The third-order valence-corrected chi connectivity index (χ3v) is 21.3. The van der Waals surface area contributed by atoms with E-state index in [9.17, 15) is 13.2 Å². The standard InChI is InChI=1S/C23H44F3NO3.C22H33NO3.C22H44O4.2C17H35NO3.2C4H10/c1-21(2,3)27-12-10-19(11-13-27)18-20(23(24,25)26)29-17-16-28-14-8-7-9-15-30-22(4,5)6;1-21(2,3)24-13-9-7-8-10-17-11-12-18(16-23-17)25-19-14-20(15-19)26-22(4,5)6;1-21(2,3)25-16-12-8-10-14-23-13-9-7-11-15-24-19-17-20(18-19)26-22(4,5)6;1-17(2,3)21-16-14-18(15-16)10-6-4-8-12-20-13-9-5-7-11-19;1-17(2,3)18-14-16(15-18)21-13-9-5-8-12-20-11-7-4-6-10-19;2*1-4(2)3/h19-20H,7-18H2,1-6H3;11-12,16,19-20H,7,9,13-15H2,1-6H3;19-20H,7-18H2,1-6H3;2*16,19H,4-15H2,1-3H3;2*4H,1-3H3. The first-order valence-corrected chi connectivity index (χ1v) is 52.3. The van der Waals surface area contributed by atoms with Crippen LogP contribution in [0, 0.1) is 29.6 Å². The van der Waals surface area contributed by atoms with Gasteiger partial charge in [-0.2, -0.15) is 13.2 Å². The number of aliphatic hydroxyl groups is 2. The Morgan fingerprint density at radius 1 is 0.379 bits per heavy atom. The summed E-state index contributed by atoms with van der Waals surface area (Å²) in [7, 11) is 0. The molecular weight excluding hydrogens is 1680 g/mol. The molecule has 0 amide bonds. The van der Waals surface area contributed by atoms with Crippen LogP contribution in [0.25, 0.3) is 0 Å². The van der Waals surface area contributed by atoms with Crippen LogP contribution >= 0.6 is 0 Å². The molecule has 2 N–H and O–H groups in total. The number of ether oxygens (including phenoxy) is 14. The van der Waals surface area contributed by atoms with E-state index in [1.165, 1.54) is 38.6 Å². The van der Waals surface area contributed by atoms with E-state index in [-0.39, 0.29) is 76.3 Å². The minimum absolute atomic E-state index is 0.00866. The Labute approximate surface area is 810 Å². The maximum atomic E-state index is 13.4. The van der Waals surface area contributed by atoms with Crippen LogP contribution in [0.15, 0.2) is 18.3 Å². The maximum absolute atomic E-state index is 13.4. The first kappa shape index (κ1) is 130. The number of pyridine rings is 1. The van der Waals surface area contributed by atoms with Gasteiger partial charge in [0.25, 0.3) is 0 Å². The molecule has 0 radical (unpaired) electrons. The SMILES string of the molecule is CC(C)(C)N1CC(OCCCCCOCCCCCO)C1.CC(C)(C)OC1CN(CCCCCOCCCCCO)C1.CC(C)(C)OCCCC#Cc1ccc(OC2CC(OC(C)(C)C)C2)cn1.CC(C)(C)OCCCCCOCCCCCOC1CC(OC(C)(C)C)C1.CC(C)(C)OCCCCCOCCOC(CC1CCN(C(C)(C)C)CC1)C(F)(F)F.CC(C)C.CC(C)C. The van der Waals surface area contributed by atoms with Crippen LogP contribution in [0.2, 0.25) is 0 Å². The maximum Gasteiger partial charge on any atom is 0.414 e. The van der Waals surface area contributed by atoms with Crippen molar-refractivity contribution in [3.8, 4) is 17.6 Å². The highest BCUT2D eigenvalue weighted by Crippen LogP contribution is 2.36. The second-order valence-electron chi connectivity index (χ2n) is 46.3. The third kappa shape index (κ3) is 83.4. The van der Waals surface area contributed by atoms with Gasteiger partial charge in [0.2, 0.25) is 0 Å². The van der Waals surface area contributed by atoms with E-state index in [1.54, 1.807) is 6.20 Å². The number of hydrogen-bond donors (Lipinski definition) is 2. The number of unbranched alkanes of at least 4 members (excludes halogenated alkanes) is 15. The average molecular weight is 1890 g/mol. The molecule has 2 aliphatic carbocycles. The fraction of sp³-hybridized carbons (Fsp3) is 0.936. The van der Waals surface area contributed by atoms with Crippen LogP contribution in [-0.4, -0.2) is 275 Å². The number of halogens is 3. The molecule has 1 unspecified atom stereocenters. The Morgan fingerprint density at radius 2 is 0.735 bits per heavy atom. The molecule has 6 rings (SSSR count). The number of likely N-dealkylation sites (tertiary alicyclic amines) is 3. The summed E-state index contributed by atoms with van der Waals surface area (Å²) in [6, 6.07) is 3.85. The number of alkyl halides is 3. The molecule has 5 aliphatic rings. The number of piperidine rings is 1. The predicted molar refractivity (Wildman–Crippen MR) is 541 cm³/mol. The van der Waals surface area contributed by atoms with E-state index in [1.807, 2.05) is 32.9 Å². The molecule has 1 aromatic heterocycles. The normalized spacial score (nSPS) is 18.3. The van der Waals surface area contributed by atoms with Crippen molar-refractivity contribution in [3.63, 3.8) is 0 Å². The molecule has 2 saturated carbocycles. The van der Waals surface area contributed by atoms with E-state index in [4.69, 9.17) is 76.5 Å². The lowest BCUT2D eigenvalue weighted by Gasteiger charge is -2.47. The lowest BCUT2D eigenvalue weighted by Crippen LogP contribution is -2.59. The van der Waals surface area contributed by atoms with E-state index < -0.39 is 12.3 Å². The smallest absolute Gasteiger partial charge is 0.414 e. The summed E-state index contributed by atoms with van der Waals surface area (Å²) in [5, 5.41) is 17.3. The Kier molecular flexibility index (Phi) is 71.4. The van der Waals surface area contributed by atoms with Gasteiger partial charge in [0, 0.05) is 149 Å². The van der Waals surface area contributed by atoms with Crippen molar-refractivity contribution in [2.24, 2.45) is 17.8 Å². The van der Waals surface area contributed by atoms with Crippen molar-refractivity contribution in [2.75, 3.05) is 152 Å². The molecule has 4 heterocycles. The number of rotatable bonds is 56. The van der Waals surface area contributed by atoms with Gasteiger partial charge in [0.1, 0.15) is 17.5 Å². The number of nitrogens with zero attached hydrogens (tertiary/aromatic N) is 4. The molecule has 5 fully saturated rings. The summed E-state index contributed by atoms with van der Waals surface area (Å²) in [5.41, 5.74) is 0.794. The van der Waals surface area contributed by atoms with Crippen molar-refractivity contribution in [2.45, 2.75) is 494 Å². The number of aromatic nitrogens is 1. The second kappa shape index (κ2) is 72.8. The topological polar surface area (TPSA) is 192 Å². The summed E-state index contributed by atoms with van der Waals surface area (Å²) < 4.78 is 120. The lowest BCUT2D eigenvalue weighted by atomic mass is 9.88. The zero-order valence-corrected chi connectivity index (χ0v) is 91.0. The summed E-state index contributed by atoms with van der Waals surface area (Å²) in [4.78, 5) is 11.6. The summed E-state index contributed by atoms with van der Waals surface area (Å²) in [6.07, 6.45) is 28.3. The molecule has 23 heteroatoms. The van der Waals surface area contributed by atoms with E-state index in [2.05, 4.69) is 218 Å². The third-order valence-electron chi connectivity index (χ3n) is 21.3. The van der Waals surface area contributed by atoms with Crippen LogP contribution in [0.4, 0.5) is 13.2 Å². The highest BCUT2D eigenvalue weighted by molar-refractivity contribution is 5.31. The highest BCUT2D eigenvalue weighted by atomic mass is 19.4. The van der Waals surface area contributed by atoms with E-state index >= 15 is 0 Å². The average Bonchev–Trinajstić information content (AvgIpc) is 0.813. The van der Waals surface area contributed by atoms with Crippen LogP contribution < -0.4 is 4.74 Å². The summed E-state index contributed by atoms with van der Waals surface area (Å²) in [5.74, 6) is 8.77. The van der Waals surface area contributed by atoms with Crippen molar-refractivity contribution in [3.05, 3.63) is 24.0 Å². The van der Waals surface area contributed by atoms with E-state index in [0.29, 0.717) is 56.9 Å². The van der Waals surface area contributed by atoms with Gasteiger partial charge in [-0.15, -0.1) is 0 Å². The molecule has 3 saturated heterocycles. The molecule has 20 nitrogen and oxygen atoms in total. The first-order chi connectivity index (χ1) is 61.6. The number of hydrogen-bond acceptors (Lipinski definition) is 20. The molecule has 0 spiro atoms. The Bertz CT molecular complexity index is 2820. The second-order valence-corrected chi connectivity index (χ2v) is 46.3. The predicted octanol–water partition coefficient (Wildman–Crippen LogP) is 25.1. The van der Waals surface area contributed by atoms with Gasteiger partial charge in [-0.3, -0.25) is 14.7 Å². The fourth-order valence-corrected chi connectivity index (χ4v) is 14.2. The van der Waals surface area contributed by atoms with Gasteiger partial charge in [0.15, 0.2) is 6.10 Å². The lowest BCUT2D eigenvalue weighted by molar-refractivity contribution is -0.228. The molecule has 1 atom stereocenters. The van der Waals surface area contributed by atoms with Gasteiger partial charge < -0.3 is 76.5 Å². The van der Waals surface area contributed by atoms with Gasteiger partial charge in [-0.1, -0.05) is 47.5 Å². The Morgan fingerprint density at radius 3 is 1.11 bits per heavy atom. The zero-order valence-electron chi connectivity index (χ0n) is 91.0. The fourth-order valence-electron chi connectivity index (χ4n) is 14.2. The zero-order chi connectivity index (χ0) is 99.8. The minimum atomic E-state index is -4.33. The van der Waals surface area contributed by atoms with Crippen LogP contribution in [0.1, 0.15) is 406 Å². The molecule has 0 aromatic carbocycles. The van der Waals surface area contributed by atoms with Gasteiger partial charge >= 0.3 is 6.18 Å². The summed E-state index contributed by atoms with van der Waals surface area (Å²) in [6.45, 7) is 81.6. The Balaban J connectivity index is 0.00000160. The molecule has 1 aromatic rings. The molecule has 3 aliphatic heterocycles. The van der Waals surface area contributed by atoms with Crippen molar-refractivity contribution in [1.82, 2.24) is 19.7 Å². The Hall–Kier alpha value is -2.42. The van der Waals surface area contributed by atoms with Gasteiger partial charge in [-0.05, 0) is 395 Å². The van der Waals surface area contributed by atoms with Crippen LogP contribution in [-0.2, 0) is 61.6 Å². The van der Waals surface area contributed by atoms with Crippen molar-refractivity contribution in [1.29, 1.82) is 0 Å². The van der Waals surface area contributed by atoms with Crippen LogP contribution in [0.3, 0.4) is 0 Å². The van der Waals surface area contributed by atoms with Gasteiger partial charge in [0.05, 0.1) is 83.5 Å².